The van der Waals surface area contributed by atoms with Crippen LogP contribution in [-0.4, -0.2) is 20.2 Å². The van der Waals surface area contributed by atoms with Gasteiger partial charge in [0.1, 0.15) is 5.75 Å². The van der Waals surface area contributed by atoms with Gasteiger partial charge in [-0.1, -0.05) is 48.5 Å². The minimum Gasteiger partial charge on any atom is -0.494 e. The van der Waals surface area contributed by atoms with E-state index in [9.17, 15) is 0 Å². The number of hydrogen-bond donors (Lipinski definition) is 1. The maximum absolute atomic E-state index is 5.78. The summed E-state index contributed by atoms with van der Waals surface area (Å²) in [4.78, 5) is 0. The van der Waals surface area contributed by atoms with Gasteiger partial charge in [-0.25, -0.2) is 0 Å². The monoisotopic (exact) mass is 291 g/mol. The minimum atomic E-state index is 0. The van der Waals surface area contributed by atoms with Gasteiger partial charge in [-0.2, -0.15) is 0 Å². The number of hydrogen-bond acceptors (Lipinski definition) is 2. The molecular weight excluding hydrogens is 270 g/mol. The Morgan fingerprint density at radius 3 is 2.15 bits per heavy atom. The molecule has 0 aromatic heterocycles. The van der Waals surface area contributed by atoms with Crippen LogP contribution in [0.25, 0.3) is 0 Å². The molecule has 20 heavy (non-hydrogen) atoms. The van der Waals surface area contributed by atoms with E-state index in [1.54, 1.807) is 0 Å². The normalized spacial score (nSPS) is 11.4. The van der Waals surface area contributed by atoms with Crippen molar-refractivity contribution in [3.05, 3.63) is 66.2 Å². The van der Waals surface area contributed by atoms with Crippen LogP contribution in [0.15, 0.2) is 60.7 Å². The van der Waals surface area contributed by atoms with Crippen LogP contribution in [0.3, 0.4) is 0 Å². The van der Waals surface area contributed by atoms with Crippen molar-refractivity contribution in [3.8, 4) is 5.75 Å². The average molecular weight is 292 g/mol. The first-order valence-corrected chi connectivity index (χ1v) is 6.77. The summed E-state index contributed by atoms with van der Waals surface area (Å²) in [7, 11) is 1.99. The van der Waals surface area contributed by atoms with E-state index < -0.39 is 0 Å². The molecule has 0 heterocycles. The van der Waals surface area contributed by atoms with Gasteiger partial charge in [0, 0.05) is 6.54 Å². The highest BCUT2D eigenvalue weighted by atomic mass is 35.5. The van der Waals surface area contributed by atoms with Crippen LogP contribution in [-0.2, 0) is 0 Å². The quantitative estimate of drug-likeness (QED) is 0.836. The van der Waals surface area contributed by atoms with Gasteiger partial charge in [0.2, 0.25) is 0 Å². The van der Waals surface area contributed by atoms with E-state index in [1.807, 2.05) is 37.4 Å². The summed E-state index contributed by atoms with van der Waals surface area (Å²) in [6.07, 6.45) is 1.01. The second kappa shape index (κ2) is 9.40. The molecule has 0 fully saturated rings. The maximum Gasteiger partial charge on any atom is 0.119 e. The van der Waals surface area contributed by atoms with Crippen molar-refractivity contribution in [1.29, 1.82) is 0 Å². The lowest BCUT2D eigenvalue weighted by atomic mass is 9.96. The molecule has 2 aromatic carbocycles. The fourth-order valence-electron chi connectivity index (χ4n) is 2.19. The summed E-state index contributed by atoms with van der Waals surface area (Å²) in [5.74, 6) is 1.44. The molecule has 0 aliphatic heterocycles. The molecule has 0 bridgehead atoms. The topological polar surface area (TPSA) is 21.3 Å². The lowest BCUT2D eigenvalue weighted by molar-refractivity contribution is 0.296. The Balaban J connectivity index is 0.00000200. The zero-order valence-electron chi connectivity index (χ0n) is 11.8. The Hall–Kier alpha value is -1.51. The molecule has 1 unspecified atom stereocenters. The van der Waals surface area contributed by atoms with Crippen LogP contribution in [0.5, 0.6) is 5.75 Å². The molecule has 0 amide bonds. The summed E-state index contributed by atoms with van der Waals surface area (Å²) >= 11 is 0. The van der Waals surface area contributed by atoms with Gasteiger partial charge in [0.15, 0.2) is 0 Å². The van der Waals surface area contributed by atoms with E-state index in [1.165, 1.54) is 5.56 Å². The third-order valence-electron chi connectivity index (χ3n) is 3.20. The first kappa shape index (κ1) is 16.5. The third-order valence-corrected chi connectivity index (χ3v) is 3.20. The summed E-state index contributed by atoms with van der Waals surface area (Å²) in [6, 6.07) is 20.6. The Labute approximate surface area is 127 Å². The molecular formula is C17H22ClNO. The van der Waals surface area contributed by atoms with Crippen LogP contribution in [0, 0.1) is 0 Å². The van der Waals surface area contributed by atoms with Crippen LogP contribution >= 0.6 is 12.4 Å². The van der Waals surface area contributed by atoms with E-state index in [4.69, 9.17) is 4.74 Å². The molecule has 0 aliphatic carbocycles. The summed E-state index contributed by atoms with van der Waals surface area (Å²) in [6.45, 7) is 1.72. The highest BCUT2D eigenvalue weighted by molar-refractivity contribution is 5.85. The average Bonchev–Trinajstić information content (AvgIpc) is 2.48. The number of para-hydroxylation sites is 1. The molecule has 108 valence electrons. The standard InChI is InChI=1S/C17H21NO.ClH/c1-18-14-16(15-8-4-2-5-9-15)12-13-19-17-10-6-3-7-11-17;/h2-11,16,18H,12-14H2,1H3;1H. The molecule has 2 rings (SSSR count). The molecule has 0 saturated heterocycles. The lowest BCUT2D eigenvalue weighted by Gasteiger charge is -2.17. The van der Waals surface area contributed by atoms with Crippen LogP contribution in [0.2, 0.25) is 0 Å². The number of likely N-dealkylation sites (N-methyl/N-ethyl adjacent to an activating group) is 1. The van der Waals surface area contributed by atoms with Crippen molar-refractivity contribution in [2.75, 3.05) is 20.2 Å². The Morgan fingerprint density at radius 2 is 1.55 bits per heavy atom. The fraction of sp³-hybridized carbons (Fsp3) is 0.294. The minimum absolute atomic E-state index is 0. The predicted molar refractivity (Wildman–Crippen MR) is 86.9 cm³/mol. The number of ether oxygens (including phenoxy) is 1. The summed E-state index contributed by atoms with van der Waals surface area (Å²) in [5.41, 5.74) is 1.37. The predicted octanol–water partition coefficient (Wildman–Crippen LogP) is 3.88. The van der Waals surface area contributed by atoms with Crippen molar-refractivity contribution < 1.29 is 4.74 Å². The van der Waals surface area contributed by atoms with E-state index >= 15 is 0 Å². The fourth-order valence-corrected chi connectivity index (χ4v) is 2.19. The zero-order chi connectivity index (χ0) is 13.3. The van der Waals surface area contributed by atoms with Crippen LogP contribution in [0.4, 0.5) is 0 Å². The number of halogens is 1. The van der Waals surface area contributed by atoms with Gasteiger partial charge >= 0.3 is 0 Å². The van der Waals surface area contributed by atoms with Crippen LogP contribution in [0.1, 0.15) is 17.9 Å². The van der Waals surface area contributed by atoms with Crippen molar-refractivity contribution >= 4 is 12.4 Å². The van der Waals surface area contributed by atoms with Crippen LogP contribution < -0.4 is 10.1 Å². The Bertz CT molecular complexity index is 461. The molecule has 2 aromatic rings. The molecule has 0 aliphatic rings. The van der Waals surface area contributed by atoms with Gasteiger partial charge in [0.25, 0.3) is 0 Å². The van der Waals surface area contributed by atoms with E-state index in [0.29, 0.717) is 5.92 Å². The van der Waals surface area contributed by atoms with Crippen molar-refractivity contribution in [2.45, 2.75) is 12.3 Å². The maximum atomic E-state index is 5.78. The smallest absolute Gasteiger partial charge is 0.119 e. The highest BCUT2D eigenvalue weighted by Crippen LogP contribution is 2.19. The van der Waals surface area contributed by atoms with Gasteiger partial charge in [-0.05, 0) is 37.1 Å². The van der Waals surface area contributed by atoms with E-state index in [0.717, 1.165) is 25.3 Å². The van der Waals surface area contributed by atoms with Crippen molar-refractivity contribution in [1.82, 2.24) is 5.32 Å². The van der Waals surface area contributed by atoms with E-state index in [-0.39, 0.29) is 12.4 Å². The lowest BCUT2D eigenvalue weighted by Crippen LogP contribution is -2.19. The van der Waals surface area contributed by atoms with E-state index in [2.05, 4.69) is 35.6 Å². The Morgan fingerprint density at radius 1 is 0.950 bits per heavy atom. The molecule has 3 heteroatoms. The molecule has 1 N–H and O–H groups in total. The molecule has 2 nitrogen and oxygen atoms in total. The molecule has 0 saturated carbocycles. The SMILES string of the molecule is CNCC(CCOc1ccccc1)c1ccccc1.Cl. The first-order valence-electron chi connectivity index (χ1n) is 6.77. The van der Waals surface area contributed by atoms with Gasteiger partial charge in [0.05, 0.1) is 6.61 Å². The van der Waals surface area contributed by atoms with Gasteiger partial charge in [-0.3, -0.25) is 0 Å². The first-order chi connectivity index (χ1) is 9.40. The number of rotatable bonds is 7. The number of nitrogens with one attached hydrogen (secondary N) is 1. The molecule has 0 radical (unpaired) electrons. The zero-order valence-corrected chi connectivity index (χ0v) is 12.6. The van der Waals surface area contributed by atoms with Gasteiger partial charge < -0.3 is 10.1 Å². The summed E-state index contributed by atoms with van der Waals surface area (Å²) in [5, 5.41) is 3.26. The molecule has 1 atom stereocenters. The van der Waals surface area contributed by atoms with Crippen molar-refractivity contribution in [2.24, 2.45) is 0 Å². The van der Waals surface area contributed by atoms with Gasteiger partial charge in [-0.15, -0.1) is 12.4 Å². The van der Waals surface area contributed by atoms with Crippen molar-refractivity contribution in [3.63, 3.8) is 0 Å². The second-order valence-electron chi connectivity index (χ2n) is 4.62. The molecule has 0 spiro atoms. The second-order valence-corrected chi connectivity index (χ2v) is 4.62. The number of benzene rings is 2. The third kappa shape index (κ3) is 5.24. The largest absolute Gasteiger partial charge is 0.494 e. The highest BCUT2D eigenvalue weighted by Gasteiger charge is 2.10. The Kier molecular flexibility index (Phi) is 7.78. The summed E-state index contributed by atoms with van der Waals surface area (Å²) < 4.78 is 5.78.